The van der Waals surface area contributed by atoms with E-state index >= 15 is 0 Å². The van der Waals surface area contributed by atoms with E-state index in [9.17, 15) is 9.59 Å². The molecule has 0 bridgehead atoms. The van der Waals surface area contributed by atoms with E-state index in [1.807, 2.05) is 31.2 Å². The molecular formula is C19H16N2O4S. The number of hydrogen-bond acceptors (Lipinski definition) is 5. The second-order valence-corrected chi connectivity index (χ2v) is 6.34. The van der Waals surface area contributed by atoms with Crippen LogP contribution in [0, 0.1) is 0 Å². The van der Waals surface area contributed by atoms with Crippen LogP contribution in [0.4, 0.5) is 5.69 Å². The molecule has 2 aromatic carbocycles. The Labute approximate surface area is 154 Å². The second-order valence-electron chi connectivity index (χ2n) is 5.31. The van der Waals surface area contributed by atoms with Crippen LogP contribution in [0.5, 0.6) is 5.75 Å². The summed E-state index contributed by atoms with van der Waals surface area (Å²) < 4.78 is 5.54. The summed E-state index contributed by atoms with van der Waals surface area (Å²) in [6.07, 6.45) is 1.70. The van der Waals surface area contributed by atoms with Crippen LogP contribution in [-0.4, -0.2) is 28.8 Å². The summed E-state index contributed by atoms with van der Waals surface area (Å²) in [5.74, 6) is -0.580. The lowest BCUT2D eigenvalue weighted by atomic mass is 10.1. The quantitative estimate of drug-likeness (QED) is 0.786. The van der Waals surface area contributed by atoms with E-state index in [1.54, 1.807) is 18.2 Å². The lowest BCUT2D eigenvalue weighted by molar-refractivity contribution is -0.115. The van der Waals surface area contributed by atoms with Crippen molar-refractivity contribution in [3.05, 3.63) is 64.6 Å². The minimum atomic E-state index is -0.987. The van der Waals surface area contributed by atoms with Gasteiger partial charge in [0, 0.05) is 0 Å². The molecule has 1 fully saturated rings. The Morgan fingerprint density at radius 1 is 1.23 bits per heavy atom. The normalized spacial score (nSPS) is 16.7. The van der Waals surface area contributed by atoms with Gasteiger partial charge in [-0.2, -0.15) is 0 Å². The Balaban J connectivity index is 1.81. The van der Waals surface area contributed by atoms with Gasteiger partial charge in [-0.15, -0.1) is 0 Å². The fraction of sp³-hybridized carbons (Fsp3) is 0.105. The molecule has 1 aliphatic rings. The zero-order valence-electron chi connectivity index (χ0n) is 13.9. The van der Waals surface area contributed by atoms with Crippen LogP contribution >= 0.6 is 11.8 Å². The van der Waals surface area contributed by atoms with Gasteiger partial charge in [0.2, 0.25) is 0 Å². The lowest BCUT2D eigenvalue weighted by Crippen LogP contribution is -2.19. The molecule has 0 spiro atoms. The number of carboxylic acids is 1. The number of benzene rings is 2. The number of amides is 1. The molecule has 1 aliphatic heterocycles. The van der Waals surface area contributed by atoms with Gasteiger partial charge in [0.15, 0.2) is 5.17 Å². The molecule has 0 atom stereocenters. The number of carboxylic acid groups (broad SMARTS) is 1. The van der Waals surface area contributed by atoms with E-state index in [0.29, 0.717) is 28.1 Å². The molecule has 0 aliphatic carbocycles. The first-order valence-corrected chi connectivity index (χ1v) is 8.73. The van der Waals surface area contributed by atoms with Gasteiger partial charge in [-0.05, 0) is 54.6 Å². The number of thioether (sulfide) groups is 1. The molecule has 1 heterocycles. The number of nitrogens with zero attached hydrogens (tertiary/aromatic N) is 1. The van der Waals surface area contributed by atoms with E-state index in [4.69, 9.17) is 9.84 Å². The highest BCUT2D eigenvalue weighted by molar-refractivity contribution is 8.18. The Kier molecular flexibility index (Phi) is 5.38. The van der Waals surface area contributed by atoms with Gasteiger partial charge >= 0.3 is 5.97 Å². The van der Waals surface area contributed by atoms with Crippen LogP contribution in [0.2, 0.25) is 0 Å². The fourth-order valence-electron chi connectivity index (χ4n) is 2.29. The van der Waals surface area contributed by atoms with E-state index in [0.717, 1.165) is 5.56 Å². The third-order valence-electron chi connectivity index (χ3n) is 3.49. The molecular weight excluding hydrogens is 352 g/mol. The van der Waals surface area contributed by atoms with Gasteiger partial charge in [-0.3, -0.25) is 4.79 Å². The topological polar surface area (TPSA) is 88.0 Å². The van der Waals surface area contributed by atoms with Crippen molar-refractivity contribution in [2.24, 2.45) is 4.99 Å². The summed E-state index contributed by atoms with van der Waals surface area (Å²) in [5.41, 5.74) is 1.58. The van der Waals surface area contributed by atoms with Crippen LogP contribution in [0.1, 0.15) is 22.8 Å². The molecule has 3 rings (SSSR count). The molecule has 7 heteroatoms. The summed E-state index contributed by atoms with van der Waals surface area (Å²) in [5, 5.41) is 12.1. The van der Waals surface area contributed by atoms with Crippen LogP contribution in [0.25, 0.3) is 6.08 Å². The maximum Gasteiger partial charge on any atom is 0.335 e. The molecule has 0 aromatic heterocycles. The predicted molar refractivity (Wildman–Crippen MR) is 102 cm³/mol. The number of ether oxygens (including phenoxy) is 1. The minimum absolute atomic E-state index is 0.199. The summed E-state index contributed by atoms with van der Waals surface area (Å²) in [6.45, 7) is 2.42. The standard InChI is InChI=1S/C19H16N2O4S/c1-2-25-15-6-4-3-5-14(15)20-19-21-17(22)16(26-19)11-12-7-9-13(10-8-12)18(23)24/h3-11H,2H2,1H3,(H,23,24)(H,20,21,22). The number of amidine groups is 1. The van der Waals surface area contributed by atoms with Crippen LogP contribution < -0.4 is 10.1 Å². The van der Waals surface area contributed by atoms with Gasteiger partial charge in [-0.1, -0.05) is 24.3 Å². The van der Waals surface area contributed by atoms with Crippen molar-refractivity contribution < 1.29 is 19.4 Å². The summed E-state index contributed by atoms with van der Waals surface area (Å²) in [7, 11) is 0. The molecule has 2 aromatic rings. The average molecular weight is 368 g/mol. The second kappa shape index (κ2) is 7.88. The minimum Gasteiger partial charge on any atom is -0.492 e. The van der Waals surface area contributed by atoms with Crippen LogP contribution in [-0.2, 0) is 4.79 Å². The third-order valence-corrected chi connectivity index (χ3v) is 4.40. The van der Waals surface area contributed by atoms with Gasteiger partial charge in [0.25, 0.3) is 5.91 Å². The molecule has 2 N–H and O–H groups in total. The van der Waals surface area contributed by atoms with Crippen LogP contribution in [0.15, 0.2) is 58.4 Å². The molecule has 26 heavy (non-hydrogen) atoms. The predicted octanol–water partition coefficient (Wildman–Crippen LogP) is 3.68. The number of carbonyl (C=O) groups excluding carboxylic acids is 1. The zero-order chi connectivity index (χ0) is 18.5. The van der Waals surface area contributed by atoms with E-state index in [-0.39, 0.29) is 11.5 Å². The Hall–Kier alpha value is -3.06. The van der Waals surface area contributed by atoms with Crippen molar-refractivity contribution >= 4 is 40.6 Å². The molecule has 0 saturated carbocycles. The summed E-state index contributed by atoms with van der Waals surface area (Å²) in [6, 6.07) is 13.7. The van der Waals surface area contributed by atoms with Gasteiger partial charge in [-0.25, -0.2) is 9.79 Å². The highest BCUT2D eigenvalue weighted by Crippen LogP contribution is 2.32. The van der Waals surface area contributed by atoms with Crippen molar-refractivity contribution in [1.82, 2.24) is 5.32 Å². The highest BCUT2D eigenvalue weighted by Gasteiger charge is 2.24. The molecule has 1 amide bonds. The first kappa shape index (κ1) is 17.8. The monoisotopic (exact) mass is 368 g/mol. The number of nitrogens with one attached hydrogen (secondary N) is 1. The van der Waals surface area contributed by atoms with Crippen molar-refractivity contribution in [3.8, 4) is 5.75 Å². The van der Waals surface area contributed by atoms with Gasteiger partial charge in [0.1, 0.15) is 11.4 Å². The number of hydrogen-bond donors (Lipinski definition) is 2. The third kappa shape index (κ3) is 4.12. The number of para-hydroxylation sites is 2. The largest absolute Gasteiger partial charge is 0.492 e. The average Bonchev–Trinajstić information content (AvgIpc) is 2.96. The number of carbonyl (C=O) groups is 2. The van der Waals surface area contributed by atoms with Crippen molar-refractivity contribution in [2.45, 2.75) is 6.92 Å². The van der Waals surface area contributed by atoms with Crippen molar-refractivity contribution in [2.75, 3.05) is 6.61 Å². The number of rotatable bonds is 5. The first-order chi connectivity index (χ1) is 12.6. The molecule has 1 saturated heterocycles. The van der Waals surface area contributed by atoms with Gasteiger partial charge in [0.05, 0.1) is 17.1 Å². The zero-order valence-corrected chi connectivity index (χ0v) is 14.7. The van der Waals surface area contributed by atoms with Crippen LogP contribution in [0.3, 0.4) is 0 Å². The Bertz CT molecular complexity index is 904. The molecule has 0 radical (unpaired) electrons. The maximum absolute atomic E-state index is 12.2. The lowest BCUT2D eigenvalue weighted by Gasteiger charge is -2.06. The van der Waals surface area contributed by atoms with Crippen molar-refractivity contribution in [3.63, 3.8) is 0 Å². The smallest absolute Gasteiger partial charge is 0.335 e. The number of aromatic carboxylic acids is 1. The Morgan fingerprint density at radius 2 is 1.96 bits per heavy atom. The molecule has 132 valence electrons. The summed E-state index contributed by atoms with van der Waals surface area (Å²) >= 11 is 1.22. The highest BCUT2D eigenvalue weighted by atomic mass is 32.2. The first-order valence-electron chi connectivity index (χ1n) is 7.91. The maximum atomic E-state index is 12.2. The number of aliphatic imine (C=N–C) groups is 1. The molecule has 0 unspecified atom stereocenters. The van der Waals surface area contributed by atoms with E-state index in [2.05, 4.69) is 10.3 Å². The van der Waals surface area contributed by atoms with Crippen molar-refractivity contribution in [1.29, 1.82) is 0 Å². The molecule has 6 nitrogen and oxygen atoms in total. The van der Waals surface area contributed by atoms with E-state index in [1.165, 1.54) is 23.9 Å². The van der Waals surface area contributed by atoms with E-state index < -0.39 is 5.97 Å². The summed E-state index contributed by atoms with van der Waals surface area (Å²) in [4.78, 5) is 28.0. The Morgan fingerprint density at radius 3 is 2.65 bits per heavy atom. The fourth-order valence-corrected chi connectivity index (χ4v) is 3.13. The SMILES string of the molecule is CCOc1ccccc1N=C1NC(=O)C(=Cc2ccc(C(=O)O)cc2)S1. The van der Waals surface area contributed by atoms with Gasteiger partial charge < -0.3 is 15.2 Å².